The highest BCUT2D eigenvalue weighted by Gasteiger charge is 2.58. The second-order valence-corrected chi connectivity index (χ2v) is 23.8. The summed E-state index contributed by atoms with van der Waals surface area (Å²) in [5.41, 5.74) is 1.46. The van der Waals surface area contributed by atoms with Gasteiger partial charge in [0.25, 0.3) is 0 Å². The Labute approximate surface area is 381 Å². The maximum Gasteiger partial charge on any atom is 0.326 e. The number of carbonyl (C=O) groups excluding carboxylic acids is 2. The summed E-state index contributed by atoms with van der Waals surface area (Å²) < 4.78 is 34.7. The summed E-state index contributed by atoms with van der Waals surface area (Å²) in [5.74, 6) is 0.298. The minimum Gasteiger partial charge on any atom is -0.495 e. The molecular weight excluding hydrogens is 979 g/mol. The van der Waals surface area contributed by atoms with Crippen molar-refractivity contribution in [2.24, 2.45) is 11.8 Å². The van der Waals surface area contributed by atoms with Crippen LogP contribution in [-0.2, 0) is 51.0 Å². The van der Waals surface area contributed by atoms with Crippen molar-refractivity contribution in [2.75, 3.05) is 40.6 Å². The van der Waals surface area contributed by atoms with Crippen molar-refractivity contribution in [1.82, 2.24) is 10.1 Å². The van der Waals surface area contributed by atoms with Crippen molar-refractivity contribution in [1.29, 1.82) is 0 Å². The maximum atomic E-state index is 12.6. The number of rotatable bonds is 10. The molecule has 0 saturated carbocycles. The number of hydroxylamine groups is 4. The van der Waals surface area contributed by atoms with Gasteiger partial charge in [-0.05, 0) is 101 Å². The number of carbonyl (C=O) groups is 2. The Morgan fingerprint density at radius 3 is 1.59 bits per heavy atom. The lowest BCUT2D eigenvalue weighted by atomic mass is 9.93. The van der Waals surface area contributed by atoms with Gasteiger partial charge < -0.3 is 33.2 Å². The second kappa shape index (κ2) is 21.4. The van der Waals surface area contributed by atoms with Crippen molar-refractivity contribution >= 4 is 87.7 Å². The standard InChI is InChI=1S/C21H31BrClNO5Si.C15H17BrClNO5.C4H8O.ClH/c1-12-17-16(11-27-30(6,7)21(2,3)4)29-24(18(17)20(25)28-12)10-13-15(23)9-8-14(22)19(13)26-5;1-7-12-11(6-19)23-18(13(12)15(20)22-7)5-8-10(17)4-3-9(16)14(8)21-2;1-2-4-5-3-1;/h8-9,12,16-18H,10-11H2,1-7H3;3-4,7,11-13,19H,5-6H2,1-2H3;1-4H2;1H/t12-,16-,17+,18-;7-,11-,12?,13?;;/m00../s1. The molecule has 0 bridgehead atoms. The number of benzene rings is 2. The largest absolute Gasteiger partial charge is 0.495 e. The molecule has 5 fully saturated rings. The fourth-order valence-corrected chi connectivity index (χ4v) is 10.0. The Bertz CT molecular complexity index is 1760. The van der Waals surface area contributed by atoms with Crippen LogP contribution in [0.3, 0.4) is 0 Å². The maximum absolute atomic E-state index is 12.6. The SMILES string of the molecule is C1CCOC1.COc1c(Br)ccc(Cl)c1CN1O[C@@H](CO)C2C1C(=O)O[C@H]2C.COc1c(Br)ccc(Cl)c1CN1O[C@@H](CO[Si](C)(C)C(C)(C)C)[C@H]2[C@H](C)OC(=O)[C@H]21.Cl. The van der Waals surface area contributed by atoms with Crippen LogP contribution in [0.15, 0.2) is 33.2 Å². The second-order valence-electron chi connectivity index (χ2n) is 16.4. The van der Waals surface area contributed by atoms with Crippen LogP contribution in [0.25, 0.3) is 0 Å². The topological polar surface area (TPSA) is 135 Å². The normalized spacial score (nSPS) is 27.8. The Morgan fingerprint density at radius 1 is 0.797 bits per heavy atom. The van der Waals surface area contributed by atoms with Gasteiger partial charge in [0.2, 0.25) is 0 Å². The van der Waals surface area contributed by atoms with Gasteiger partial charge in [-0.2, -0.15) is 10.1 Å². The monoisotopic (exact) mass is 1030 g/mol. The summed E-state index contributed by atoms with van der Waals surface area (Å²) in [6.45, 7) is 17.6. The molecule has 0 aromatic heterocycles. The molecule has 2 unspecified atom stereocenters. The zero-order valence-corrected chi connectivity index (χ0v) is 41.4. The minimum absolute atomic E-state index is 0. The predicted octanol–water partition coefficient (Wildman–Crippen LogP) is 8.55. The number of esters is 2. The van der Waals surface area contributed by atoms with Crippen LogP contribution in [-0.4, -0.2) is 113 Å². The number of nitrogens with zero attached hydrogens (tertiary/aromatic N) is 2. The molecule has 2 aromatic carbocycles. The van der Waals surface area contributed by atoms with Gasteiger partial charge in [-0.25, -0.2) is 0 Å². The van der Waals surface area contributed by atoms with Crippen LogP contribution in [0.2, 0.25) is 28.2 Å². The first-order chi connectivity index (χ1) is 27.3. The molecule has 0 spiro atoms. The Kier molecular flexibility index (Phi) is 18.3. The van der Waals surface area contributed by atoms with E-state index in [-0.39, 0.29) is 72.7 Å². The molecule has 0 aliphatic carbocycles. The van der Waals surface area contributed by atoms with E-state index in [4.69, 9.17) is 61.0 Å². The Morgan fingerprint density at radius 2 is 1.22 bits per heavy atom. The number of halogens is 5. The van der Waals surface area contributed by atoms with Crippen molar-refractivity contribution < 1.29 is 52.5 Å². The third kappa shape index (κ3) is 11.3. The predicted molar refractivity (Wildman–Crippen MR) is 235 cm³/mol. The molecule has 332 valence electrons. The number of aliphatic hydroxyl groups is 1. The molecule has 7 rings (SSSR count). The molecule has 8 atom stereocenters. The smallest absolute Gasteiger partial charge is 0.326 e. The van der Waals surface area contributed by atoms with Crippen LogP contribution in [0.5, 0.6) is 11.5 Å². The molecule has 19 heteroatoms. The lowest BCUT2D eigenvalue weighted by Gasteiger charge is -2.37. The van der Waals surface area contributed by atoms with Gasteiger partial charge in [0.15, 0.2) is 8.32 Å². The number of ether oxygens (including phenoxy) is 5. The molecule has 5 aliphatic rings. The van der Waals surface area contributed by atoms with Gasteiger partial charge >= 0.3 is 11.9 Å². The molecule has 0 radical (unpaired) electrons. The molecule has 2 aromatic rings. The number of fused-ring (bicyclic) bond motifs is 2. The van der Waals surface area contributed by atoms with E-state index in [1.165, 1.54) is 17.9 Å². The zero-order valence-electron chi connectivity index (χ0n) is 34.9. The highest BCUT2D eigenvalue weighted by Crippen LogP contribution is 2.44. The summed E-state index contributed by atoms with van der Waals surface area (Å²) >= 11 is 19.7. The number of aliphatic hydroxyl groups excluding tert-OH is 1. The molecule has 1 N–H and O–H groups in total. The van der Waals surface area contributed by atoms with E-state index in [1.807, 2.05) is 19.9 Å². The van der Waals surface area contributed by atoms with Gasteiger partial charge in [0.05, 0.1) is 61.3 Å². The van der Waals surface area contributed by atoms with E-state index < -0.39 is 26.5 Å². The first kappa shape index (κ1) is 50.4. The highest BCUT2D eigenvalue weighted by atomic mass is 79.9. The fourth-order valence-electron chi connectivity index (χ4n) is 7.52. The van der Waals surface area contributed by atoms with Crippen LogP contribution in [0.4, 0.5) is 0 Å². The summed E-state index contributed by atoms with van der Waals surface area (Å²) in [7, 11) is 1.19. The molecule has 0 amide bonds. The summed E-state index contributed by atoms with van der Waals surface area (Å²) in [6, 6.07) is 6.12. The average molecular weight is 1040 g/mol. The van der Waals surface area contributed by atoms with Crippen molar-refractivity contribution in [2.45, 2.75) is 115 Å². The number of hydrogen-bond acceptors (Lipinski definition) is 13. The third-order valence-electron chi connectivity index (χ3n) is 11.7. The highest BCUT2D eigenvalue weighted by molar-refractivity contribution is 9.11. The molecular formula is C40H57Br2Cl3N2O11Si. The summed E-state index contributed by atoms with van der Waals surface area (Å²) in [5, 5.41) is 13.9. The summed E-state index contributed by atoms with van der Waals surface area (Å²) in [6.07, 6.45) is 1.29. The van der Waals surface area contributed by atoms with Gasteiger partial charge in [-0.1, -0.05) is 44.0 Å². The van der Waals surface area contributed by atoms with Gasteiger partial charge in [0.1, 0.15) is 48.0 Å². The average Bonchev–Trinajstić information content (AvgIpc) is 4.00. The molecule has 5 aliphatic heterocycles. The Balaban J connectivity index is 0.000000234. The van der Waals surface area contributed by atoms with Crippen LogP contribution >= 0.6 is 67.5 Å². The lowest BCUT2D eigenvalue weighted by molar-refractivity contribution is -0.196. The van der Waals surface area contributed by atoms with E-state index in [2.05, 4.69) is 65.7 Å². The Hall–Kier alpha value is -1.25. The molecule has 59 heavy (non-hydrogen) atoms. The fraction of sp³-hybridized carbons (Fsp3) is 0.650. The lowest BCUT2D eigenvalue weighted by Crippen LogP contribution is -2.44. The van der Waals surface area contributed by atoms with Gasteiger partial charge in [-0.15, -0.1) is 12.4 Å². The quantitative estimate of drug-likeness (QED) is 0.180. The van der Waals surface area contributed by atoms with Crippen molar-refractivity contribution in [3.05, 3.63) is 54.4 Å². The van der Waals surface area contributed by atoms with E-state index in [0.717, 1.165) is 27.7 Å². The van der Waals surface area contributed by atoms with Crippen molar-refractivity contribution in [3.8, 4) is 11.5 Å². The van der Waals surface area contributed by atoms with Gasteiger partial charge in [0, 0.05) is 34.4 Å². The van der Waals surface area contributed by atoms with E-state index in [1.54, 1.807) is 37.5 Å². The van der Waals surface area contributed by atoms with Crippen LogP contribution < -0.4 is 9.47 Å². The first-order valence-corrected chi connectivity index (χ1v) is 24.7. The zero-order chi connectivity index (χ0) is 42.7. The number of hydrogen-bond donors (Lipinski definition) is 1. The van der Waals surface area contributed by atoms with E-state index in [0.29, 0.717) is 40.3 Å². The molecule has 13 nitrogen and oxygen atoms in total. The molecule has 5 saturated heterocycles. The minimum atomic E-state index is -1.95. The summed E-state index contributed by atoms with van der Waals surface area (Å²) in [4.78, 5) is 36.8. The van der Waals surface area contributed by atoms with Crippen LogP contribution in [0, 0.1) is 11.8 Å². The van der Waals surface area contributed by atoms with Crippen LogP contribution in [0.1, 0.15) is 58.6 Å². The number of cyclic esters (lactones) is 2. The van der Waals surface area contributed by atoms with Gasteiger partial charge in [-0.3, -0.25) is 19.3 Å². The first-order valence-electron chi connectivity index (χ1n) is 19.5. The third-order valence-corrected chi connectivity index (χ3v) is 18.1. The van der Waals surface area contributed by atoms with E-state index in [9.17, 15) is 14.7 Å². The van der Waals surface area contributed by atoms with E-state index >= 15 is 0 Å². The molecule has 5 heterocycles. The number of methoxy groups -OCH3 is 2. The van der Waals surface area contributed by atoms with Crippen molar-refractivity contribution in [3.63, 3.8) is 0 Å².